The van der Waals surface area contributed by atoms with Crippen molar-refractivity contribution in [3.63, 3.8) is 0 Å². The molecule has 0 bridgehead atoms. The van der Waals surface area contributed by atoms with Gasteiger partial charge in [0.15, 0.2) is 0 Å². The van der Waals surface area contributed by atoms with Crippen LogP contribution in [-0.2, 0) is 6.54 Å². The average molecular weight is 259 g/mol. The Kier molecular flexibility index (Phi) is 4.15. The van der Waals surface area contributed by atoms with E-state index in [4.69, 9.17) is 10.00 Å². The second-order valence-corrected chi connectivity index (χ2v) is 4.58. The molecule has 2 aromatic rings. The minimum Gasteiger partial charge on any atom is -0.478 e. The van der Waals surface area contributed by atoms with Gasteiger partial charge in [-0.05, 0) is 19.1 Å². The van der Waals surface area contributed by atoms with E-state index in [9.17, 15) is 0 Å². The summed E-state index contributed by atoms with van der Waals surface area (Å²) in [6, 6.07) is 7.77. The van der Waals surface area contributed by atoms with E-state index >= 15 is 0 Å². The smallest absolute Gasteiger partial charge is 0.213 e. The van der Waals surface area contributed by atoms with Crippen LogP contribution in [0.2, 0.25) is 0 Å². The number of nitrogens with zero attached hydrogens (tertiary/aromatic N) is 2. The van der Waals surface area contributed by atoms with Gasteiger partial charge in [-0.1, -0.05) is 0 Å². The Morgan fingerprint density at radius 3 is 3.00 bits per heavy atom. The third-order valence-electron chi connectivity index (χ3n) is 2.28. The van der Waals surface area contributed by atoms with Crippen molar-refractivity contribution in [1.29, 1.82) is 5.26 Å². The highest BCUT2D eigenvalue weighted by molar-refractivity contribution is 7.10. The van der Waals surface area contributed by atoms with Gasteiger partial charge in [-0.2, -0.15) is 5.26 Å². The van der Waals surface area contributed by atoms with Crippen LogP contribution in [0.15, 0.2) is 29.8 Å². The van der Waals surface area contributed by atoms with Crippen LogP contribution in [0.3, 0.4) is 0 Å². The number of hydrogen-bond acceptors (Lipinski definition) is 5. The summed E-state index contributed by atoms with van der Waals surface area (Å²) >= 11 is 1.57. The largest absolute Gasteiger partial charge is 0.478 e. The Hall–Kier alpha value is -2.06. The van der Waals surface area contributed by atoms with Gasteiger partial charge in [0, 0.05) is 22.9 Å². The van der Waals surface area contributed by atoms with Crippen LogP contribution < -0.4 is 10.1 Å². The Morgan fingerprint density at radius 2 is 2.39 bits per heavy atom. The van der Waals surface area contributed by atoms with Crippen molar-refractivity contribution in [2.24, 2.45) is 0 Å². The molecular formula is C13H13N3OS. The normalized spacial score (nSPS) is 9.78. The molecule has 1 N–H and O–H groups in total. The molecule has 0 saturated carbocycles. The van der Waals surface area contributed by atoms with Crippen molar-refractivity contribution in [2.75, 3.05) is 11.9 Å². The summed E-state index contributed by atoms with van der Waals surface area (Å²) in [5, 5.41) is 13.8. The molecule has 0 fully saturated rings. The first-order valence-corrected chi connectivity index (χ1v) is 6.50. The number of pyridine rings is 1. The number of hydrogen-bond donors (Lipinski definition) is 1. The first-order chi connectivity index (χ1) is 8.81. The maximum absolute atomic E-state index is 8.73. The topological polar surface area (TPSA) is 57.9 Å². The van der Waals surface area contributed by atoms with Crippen molar-refractivity contribution >= 4 is 17.0 Å². The molecule has 0 aliphatic carbocycles. The van der Waals surface area contributed by atoms with Gasteiger partial charge in [-0.25, -0.2) is 4.98 Å². The number of aromatic nitrogens is 1. The lowest BCUT2D eigenvalue weighted by Crippen LogP contribution is -1.99. The van der Waals surface area contributed by atoms with Gasteiger partial charge in [0.1, 0.15) is 6.07 Å². The highest BCUT2D eigenvalue weighted by atomic mass is 32.1. The first-order valence-electron chi connectivity index (χ1n) is 5.62. The molecule has 18 heavy (non-hydrogen) atoms. The van der Waals surface area contributed by atoms with Crippen molar-refractivity contribution in [3.05, 3.63) is 40.2 Å². The highest BCUT2D eigenvalue weighted by Gasteiger charge is 2.00. The average Bonchev–Trinajstić information content (AvgIpc) is 2.86. The number of nitrogens with one attached hydrogen (secondary N) is 1. The fraction of sp³-hybridized carbons (Fsp3) is 0.231. The zero-order valence-corrected chi connectivity index (χ0v) is 10.8. The van der Waals surface area contributed by atoms with Gasteiger partial charge in [0.05, 0.1) is 24.1 Å². The monoisotopic (exact) mass is 259 g/mol. The summed E-state index contributed by atoms with van der Waals surface area (Å²) in [6.07, 6.45) is 1.74. The first kappa shape index (κ1) is 12.4. The van der Waals surface area contributed by atoms with E-state index in [2.05, 4.69) is 16.4 Å². The summed E-state index contributed by atoms with van der Waals surface area (Å²) < 4.78 is 5.27. The molecule has 4 nitrogen and oxygen atoms in total. The zero-order chi connectivity index (χ0) is 12.8. The molecule has 5 heteroatoms. The molecule has 0 saturated heterocycles. The van der Waals surface area contributed by atoms with Crippen molar-refractivity contribution in [2.45, 2.75) is 13.5 Å². The van der Waals surface area contributed by atoms with Crippen molar-refractivity contribution in [3.8, 4) is 11.9 Å². The van der Waals surface area contributed by atoms with Gasteiger partial charge in [-0.3, -0.25) is 0 Å². The van der Waals surface area contributed by atoms with Crippen LogP contribution in [0, 0.1) is 11.3 Å². The molecule has 0 atom stereocenters. The molecule has 0 amide bonds. The maximum atomic E-state index is 8.73. The van der Waals surface area contributed by atoms with Gasteiger partial charge >= 0.3 is 0 Å². The minimum atomic E-state index is 0.617. The summed E-state index contributed by atoms with van der Waals surface area (Å²) in [4.78, 5) is 5.29. The number of rotatable bonds is 5. The highest BCUT2D eigenvalue weighted by Crippen LogP contribution is 2.17. The predicted molar refractivity (Wildman–Crippen MR) is 71.8 cm³/mol. The Morgan fingerprint density at radius 1 is 1.50 bits per heavy atom. The van der Waals surface area contributed by atoms with E-state index in [0.29, 0.717) is 24.6 Å². The number of ether oxygens (including phenoxy) is 1. The predicted octanol–water partition coefficient (Wildman–Crippen LogP) is 3.03. The summed E-state index contributed by atoms with van der Waals surface area (Å²) in [5.74, 6) is 0.631. The summed E-state index contributed by atoms with van der Waals surface area (Å²) in [6.45, 7) is 3.24. The molecule has 0 radical (unpaired) electrons. The van der Waals surface area contributed by atoms with Crippen LogP contribution in [0.25, 0.3) is 0 Å². The van der Waals surface area contributed by atoms with E-state index < -0.39 is 0 Å². The van der Waals surface area contributed by atoms with Crippen LogP contribution >= 0.6 is 11.3 Å². The third-order valence-corrected chi connectivity index (χ3v) is 3.21. The van der Waals surface area contributed by atoms with Gasteiger partial charge < -0.3 is 10.1 Å². The Bertz CT molecular complexity index is 542. The molecule has 2 aromatic heterocycles. The number of nitriles is 1. The quantitative estimate of drug-likeness (QED) is 0.896. The fourth-order valence-electron chi connectivity index (χ4n) is 1.44. The van der Waals surface area contributed by atoms with E-state index in [1.807, 2.05) is 30.5 Å². The summed E-state index contributed by atoms with van der Waals surface area (Å²) in [7, 11) is 0. The summed E-state index contributed by atoms with van der Waals surface area (Å²) in [5.41, 5.74) is 1.65. The molecule has 2 heterocycles. The van der Waals surface area contributed by atoms with E-state index in [1.54, 1.807) is 17.5 Å². The van der Waals surface area contributed by atoms with E-state index in [-0.39, 0.29) is 0 Å². The van der Waals surface area contributed by atoms with E-state index in [0.717, 1.165) is 10.6 Å². The number of thiophene rings is 1. The number of anilines is 1. The van der Waals surface area contributed by atoms with Crippen molar-refractivity contribution < 1.29 is 4.74 Å². The second-order valence-electron chi connectivity index (χ2n) is 3.59. The molecular weight excluding hydrogens is 246 g/mol. The molecule has 92 valence electrons. The second kappa shape index (κ2) is 6.03. The molecule has 0 aromatic carbocycles. The van der Waals surface area contributed by atoms with Crippen LogP contribution in [-0.4, -0.2) is 11.6 Å². The standard InChI is InChI=1S/C13H13N3OS/c1-2-17-13-4-3-11(7-16-13)15-8-12-5-10(6-14)9-18-12/h3-5,7,9,15H,2,8H2,1H3. The van der Waals surface area contributed by atoms with Crippen molar-refractivity contribution in [1.82, 2.24) is 4.98 Å². The molecule has 0 aliphatic heterocycles. The van der Waals surface area contributed by atoms with Gasteiger partial charge in [-0.15, -0.1) is 11.3 Å². The molecule has 0 aliphatic rings. The van der Waals surface area contributed by atoms with E-state index in [1.165, 1.54) is 0 Å². The Balaban J connectivity index is 1.91. The minimum absolute atomic E-state index is 0.617. The Labute approximate surface area is 110 Å². The molecule has 2 rings (SSSR count). The van der Waals surface area contributed by atoms with Gasteiger partial charge in [0.2, 0.25) is 5.88 Å². The lowest BCUT2D eigenvalue weighted by Gasteiger charge is -2.05. The zero-order valence-electron chi connectivity index (χ0n) is 10.0. The lowest BCUT2D eigenvalue weighted by molar-refractivity contribution is 0.327. The van der Waals surface area contributed by atoms with Crippen LogP contribution in [0.5, 0.6) is 5.88 Å². The fourth-order valence-corrected chi connectivity index (χ4v) is 2.19. The van der Waals surface area contributed by atoms with Gasteiger partial charge in [0.25, 0.3) is 0 Å². The third kappa shape index (κ3) is 3.22. The lowest BCUT2D eigenvalue weighted by atomic mass is 10.3. The maximum Gasteiger partial charge on any atom is 0.213 e. The molecule has 0 unspecified atom stereocenters. The molecule has 0 spiro atoms. The van der Waals surface area contributed by atoms with Crippen LogP contribution in [0.4, 0.5) is 5.69 Å². The SMILES string of the molecule is CCOc1ccc(NCc2cc(C#N)cs2)cn1. The van der Waals surface area contributed by atoms with Crippen LogP contribution in [0.1, 0.15) is 17.4 Å².